The lowest BCUT2D eigenvalue weighted by Gasteiger charge is -2.36. The van der Waals surface area contributed by atoms with Crippen molar-refractivity contribution in [3.8, 4) is 0 Å². The Morgan fingerprint density at radius 3 is 2.72 bits per heavy atom. The van der Waals surface area contributed by atoms with Crippen LogP contribution in [-0.4, -0.2) is 49.1 Å². The highest BCUT2D eigenvalue weighted by molar-refractivity contribution is 7.89. The molecular formula is C19H23FN4O4S. The number of guanidine groups is 1. The second-order valence-corrected chi connectivity index (χ2v) is 9.26. The summed E-state index contributed by atoms with van der Waals surface area (Å²) in [5, 5.41) is 2.71. The number of hydrogen-bond acceptors (Lipinski definition) is 6. The molecular weight excluding hydrogens is 399 g/mol. The van der Waals surface area contributed by atoms with E-state index in [0.717, 1.165) is 4.31 Å². The van der Waals surface area contributed by atoms with Crippen LogP contribution in [0.15, 0.2) is 51.1 Å². The van der Waals surface area contributed by atoms with Gasteiger partial charge >= 0.3 is 0 Å². The third-order valence-electron chi connectivity index (χ3n) is 4.89. The molecule has 0 saturated heterocycles. The van der Waals surface area contributed by atoms with E-state index >= 15 is 0 Å². The van der Waals surface area contributed by atoms with Crippen LogP contribution in [0.5, 0.6) is 0 Å². The Bertz CT molecular complexity index is 1080. The summed E-state index contributed by atoms with van der Waals surface area (Å²) in [6.45, 7) is 4.90. The number of allylic oxidation sites excluding steroid dienone is 4. The molecule has 0 bridgehead atoms. The normalized spacial score (nSPS) is 26.3. The number of furan rings is 1. The second kappa shape index (κ2) is 7.18. The lowest BCUT2D eigenvalue weighted by molar-refractivity contribution is 0.0965. The molecule has 3 N–H and O–H groups in total. The monoisotopic (exact) mass is 422 g/mol. The van der Waals surface area contributed by atoms with Gasteiger partial charge in [0.25, 0.3) is 5.91 Å². The Morgan fingerprint density at radius 2 is 2.14 bits per heavy atom. The van der Waals surface area contributed by atoms with Crippen molar-refractivity contribution in [1.29, 1.82) is 0 Å². The summed E-state index contributed by atoms with van der Waals surface area (Å²) in [6.07, 6.45) is 4.05. The van der Waals surface area contributed by atoms with Gasteiger partial charge in [0.2, 0.25) is 16.0 Å². The van der Waals surface area contributed by atoms with Crippen molar-refractivity contribution in [3.63, 3.8) is 0 Å². The van der Waals surface area contributed by atoms with Crippen molar-refractivity contribution in [3.05, 3.63) is 58.7 Å². The van der Waals surface area contributed by atoms with E-state index in [9.17, 15) is 17.6 Å². The van der Waals surface area contributed by atoms with Crippen molar-refractivity contribution in [2.24, 2.45) is 10.7 Å². The van der Waals surface area contributed by atoms with Gasteiger partial charge in [0.1, 0.15) is 23.2 Å². The first-order chi connectivity index (χ1) is 13.4. The van der Waals surface area contributed by atoms with E-state index < -0.39 is 33.4 Å². The van der Waals surface area contributed by atoms with E-state index in [1.807, 2.05) is 0 Å². The minimum absolute atomic E-state index is 0.0810. The number of nitrogens with one attached hydrogen (secondary N) is 1. The molecule has 29 heavy (non-hydrogen) atoms. The molecule has 1 aromatic rings. The molecule has 0 spiro atoms. The lowest BCUT2D eigenvalue weighted by Crippen LogP contribution is -2.53. The Labute approximate surface area is 168 Å². The van der Waals surface area contributed by atoms with Crippen LogP contribution in [0.2, 0.25) is 0 Å². The number of rotatable bonds is 3. The molecule has 1 aliphatic heterocycles. The van der Waals surface area contributed by atoms with Crippen LogP contribution >= 0.6 is 0 Å². The summed E-state index contributed by atoms with van der Waals surface area (Å²) in [4.78, 5) is 16.8. The highest BCUT2D eigenvalue weighted by Crippen LogP contribution is 2.34. The van der Waals surface area contributed by atoms with E-state index in [1.54, 1.807) is 19.9 Å². The molecule has 2 heterocycles. The zero-order chi connectivity index (χ0) is 21.6. The summed E-state index contributed by atoms with van der Waals surface area (Å²) in [5.74, 6) is -0.0342. The number of hydrogen-bond donors (Lipinski definition) is 2. The standard InChI is InChI=1S/C19H23FN4O4S/c1-11-8-14(12(2)28-11)17(25)22-13-6-5-7-16(20)15(9-13)19(3)10-29(26,27)24(4)18(21)23-19/h5-9,16H,10H2,1-4H3,(H2,21,23)(H,22,25). The number of alkyl halides is 1. The zero-order valence-electron chi connectivity index (χ0n) is 16.6. The maximum atomic E-state index is 14.9. The first-order valence-corrected chi connectivity index (χ1v) is 10.5. The summed E-state index contributed by atoms with van der Waals surface area (Å²) in [7, 11) is -2.47. The smallest absolute Gasteiger partial charge is 0.259 e. The van der Waals surface area contributed by atoms with Crippen molar-refractivity contribution in [1.82, 2.24) is 9.62 Å². The van der Waals surface area contributed by atoms with E-state index in [-0.39, 0.29) is 11.5 Å². The van der Waals surface area contributed by atoms with E-state index in [2.05, 4.69) is 10.3 Å². The van der Waals surface area contributed by atoms with Gasteiger partial charge in [-0.05, 0) is 50.6 Å². The average molecular weight is 422 g/mol. The summed E-state index contributed by atoms with van der Waals surface area (Å²) >= 11 is 0. The predicted octanol–water partition coefficient (Wildman–Crippen LogP) is 1.69. The number of carbonyl (C=O) groups is 1. The number of sulfonamides is 1. The first-order valence-electron chi connectivity index (χ1n) is 8.88. The largest absolute Gasteiger partial charge is 0.466 e. The minimum Gasteiger partial charge on any atom is -0.466 e. The number of halogens is 1. The van der Waals surface area contributed by atoms with Crippen LogP contribution in [0.3, 0.4) is 0 Å². The molecule has 2 atom stereocenters. The van der Waals surface area contributed by atoms with Crippen LogP contribution in [-0.2, 0) is 10.0 Å². The van der Waals surface area contributed by atoms with Crippen molar-refractivity contribution >= 4 is 21.9 Å². The Kier molecular flexibility index (Phi) is 5.16. The lowest BCUT2D eigenvalue weighted by atomic mass is 9.90. The van der Waals surface area contributed by atoms with Gasteiger partial charge in [-0.2, -0.15) is 0 Å². The number of nitrogens with two attached hydrogens (primary N) is 1. The van der Waals surface area contributed by atoms with Gasteiger partial charge in [-0.15, -0.1) is 0 Å². The number of nitrogens with zero attached hydrogens (tertiary/aromatic N) is 2. The Balaban J connectivity index is 1.98. The van der Waals surface area contributed by atoms with Gasteiger partial charge in [0.05, 0.1) is 11.3 Å². The van der Waals surface area contributed by atoms with Gasteiger partial charge in [-0.3, -0.25) is 4.79 Å². The highest BCUT2D eigenvalue weighted by Gasteiger charge is 2.43. The fourth-order valence-corrected chi connectivity index (χ4v) is 4.80. The number of amides is 1. The molecule has 3 rings (SSSR count). The van der Waals surface area contributed by atoms with Crippen LogP contribution in [0.4, 0.5) is 4.39 Å². The molecule has 1 aliphatic carbocycles. The molecule has 0 saturated carbocycles. The summed E-state index contributed by atoms with van der Waals surface area (Å²) < 4.78 is 46.0. The van der Waals surface area contributed by atoms with E-state index in [4.69, 9.17) is 10.2 Å². The van der Waals surface area contributed by atoms with Crippen LogP contribution in [0.1, 0.15) is 28.8 Å². The van der Waals surface area contributed by atoms with Gasteiger partial charge in [-0.25, -0.2) is 22.1 Å². The van der Waals surface area contributed by atoms with Crippen LogP contribution in [0, 0.1) is 13.8 Å². The minimum atomic E-state index is -3.76. The maximum Gasteiger partial charge on any atom is 0.259 e. The molecule has 10 heteroatoms. The van der Waals surface area contributed by atoms with Crippen molar-refractivity contribution < 1.29 is 22.0 Å². The zero-order valence-corrected chi connectivity index (χ0v) is 17.4. The predicted molar refractivity (Wildman–Crippen MR) is 107 cm³/mol. The molecule has 0 aromatic carbocycles. The van der Waals surface area contributed by atoms with Crippen LogP contribution in [0.25, 0.3) is 0 Å². The maximum absolute atomic E-state index is 14.9. The van der Waals surface area contributed by atoms with Crippen molar-refractivity contribution in [2.75, 3.05) is 12.8 Å². The van der Waals surface area contributed by atoms with E-state index in [0.29, 0.717) is 22.8 Å². The fraction of sp³-hybridized carbons (Fsp3) is 0.368. The highest BCUT2D eigenvalue weighted by atomic mass is 32.2. The summed E-state index contributed by atoms with van der Waals surface area (Å²) in [5.41, 5.74) is 5.08. The SMILES string of the molecule is Cc1cc(C(=O)NC2=CC=CC(F)C(C3(C)CS(=O)(=O)N(C)C(N)=N3)=C2)c(C)o1. The van der Waals surface area contributed by atoms with E-state index in [1.165, 1.54) is 38.3 Å². The topological polar surface area (TPSA) is 118 Å². The average Bonchev–Trinajstić information content (AvgIpc) is 2.82. The van der Waals surface area contributed by atoms with Crippen molar-refractivity contribution in [2.45, 2.75) is 32.5 Å². The number of aryl methyl sites for hydroxylation is 2. The molecule has 156 valence electrons. The third-order valence-corrected chi connectivity index (χ3v) is 6.84. The fourth-order valence-electron chi connectivity index (χ4n) is 3.34. The summed E-state index contributed by atoms with van der Waals surface area (Å²) in [6, 6.07) is 1.61. The molecule has 2 unspecified atom stereocenters. The number of carbonyl (C=O) groups excluding carboxylic acids is 1. The first kappa shape index (κ1) is 20.8. The molecule has 8 nitrogen and oxygen atoms in total. The van der Waals surface area contributed by atoms with Gasteiger partial charge in [0.15, 0.2) is 0 Å². The second-order valence-electron chi connectivity index (χ2n) is 7.26. The molecule has 2 aliphatic rings. The quantitative estimate of drug-likeness (QED) is 0.769. The Morgan fingerprint density at radius 1 is 1.45 bits per heavy atom. The third kappa shape index (κ3) is 3.98. The molecule has 1 aromatic heterocycles. The van der Waals surface area contributed by atoms with Gasteiger partial charge in [0, 0.05) is 12.7 Å². The van der Waals surface area contributed by atoms with Gasteiger partial charge in [-0.1, -0.05) is 6.08 Å². The van der Waals surface area contributed by atoms with Crippen LogP contribution < -0.4 is 11.1 Å². The molecule has 0 radical (unpaired) electrons. The Hall–Kier alpha value is -2.88. The van der Waals surface area contributed by atoms with Gasteiger partial charge < -0.3 is 15.5 Å². The molecule has 1 amide bonds. The number of aliphatic imine (C=N–C) groups is 1. The molecule has 0 fully saturated rings.